The van der Waals surface area contributed by atoms with Crippen LogP contribution in [0.3, 0.4) is 0 Å². The van der Waals surface area contributed by atoms with Gasteiger partial charge in [-0.25, -0.2) is 0 Å². The molecule has 1 aliphatic carbocycles. The van der Waals surface area contributed by atoms with Gasteiger partial charge in [-0.3, -0.25) is 0 Å². The lowest BCUT2D eigenvalue weighted by Gasteiger charge is -2.46. The largest absolute Gasteiger partial charge is 0.389 e. The molecule has 0 bridgehead atoms. The van der Waals surface area contributed by atoms with Crippen molar-refractivity contribution in [3.63, 3.8) is 0 Å². The second kappa shape index (κ2) is 8.30. The SMILES string of the molecule is CC(C)(C)C1CCC(O)(C(CN2CCNCC2)c2cccc(Br)c2)CC1. The van der Waals surface area contributed by atoms with Gasteiger partial charge in [0.2, 0.25) is 0 Å². The van der Waals surface area contributed by atoms with Gasteiger partial charge in [-0.1, -0.05) is 48.8 Å². The highest BCUT2D eigenvalue weighted by atomic mass is 79.9. The number of rotatable bonds is 4. The van der Waals surface area contributed by atoms with Gasteiger partial charge in [0.1, 0.15) is 0 Å². The van der Waals surface area contributed by atoms with Crippen LogP contribution >= 0.6 is 15.9 Å². The van der Waals surface area contributed by atoms with Crippen LogP contribution in [0.25, 0.3) is 0 Å². The Kier molecular flexibility index (Phi) is 6.49. The summed E-state index contributed by atoms with van der Waals surface area (Å²) in [5.41, 5.74) is 1.02. The number of piperazine rings is 1. The van der Waals surface area contributed by atoms with E-state index in [2.05, 4.69) is 71.2 Å². The van der Waals surface area contributed by atoms with Gasteiger partial charge in [-0.15, -0.1) is 0 Å². The van der Waals surface area contributed by atoms with Crippen molar-refractivity contribution in [1.82, 2.24) is 10.2 Å². The van der Waals surface area contributed by atoms with Gasteiger partial charge in [-0.2, -0.15) is 0 Å². The second-order valence-corrected chi connectivity index (χ2v) is 10.3. The summed E-state index contributed by atoms with van der Waals surface area (Å²) in [7, 11) is 0. The summed E-state index contributed by atoms with van der Waals surface area (Å²) in [5, 5.41) is 15.2. The summed E-state index contributed by atoms with van der Waals surface area (Å²) in [6.07, 6.45) is 4.09. The summed E-state index contributed by atoms with van der Waals surface area (Å²) in [6, 6.07) is 8.59. The molecule has 2 N–H and O–H groups in total. The molecule has 1 atom stereocenters. The van der Waals surface area contributed by atoms with Crippen LogP contribution in [-0.2, 0) is 0 Å². The Hall–Kier alpha value is -0.420. The van der Waals surface area contributed by atoms with Gasteiger partial charge in [0.05, 0.1) is 5.60 Å². The number of halogens is 1. The second-order valence-electron chi connectivity index (χ2n) is 9.40. The maximum Gasteiger partial charge on any atom is 0.0728 e. The Bertz CT molecular complexity index is 584. The monoisotopic (exact) mass is 422 g/mol. The zero-order valence-corrected chi connectivity index (χ0v) is 18.2. The Morgan fingerprint density at radius 2 is 1.88 bits per heavy atom. The van der Waals surface area contributed by atoms with E-state index >= 15 is 0 Å². The average Bonchev–Trinajstić information content (AvgIpc) is 2.60. The number of nitrogens with one attached hydrogen (secondary N) is 1. The van der Waals surface area contributed by atoms with Gasteiger partial charge in [0, 0.05) is 43.1 Å². The summed E-state index contributed by atoms with van der Waals surface area (Å²) < 4.78 is 1.10. The fourth-order valence-corrected chi connectivity index (χ4v) is 5.21. The number of hydrogen-bond acceptors (Lipinski definition) is 3. The standard InChI is InChI=1S/C22H35BrN2O/c1-21(2,3)18-7-9-22(26,10-8-18)20(16-25-13-11-24-12-14-25)17-5-4-6-19(23)15-17/h4-6,15,18,20,24,26H,7-14,16H2,1-3H3. The summed E-state index contributed by atoms with van der Waals surface area (Å²) in [6.45, 7) is 12.2. The van der Waals surface area contributed by atoms with Gasteiger partial charge in [0.15, 0.2) is 0 Å². The van der Waals surface area contributed by atoms with Crippen molar-refractivity contribution in [3.05, 3.63) is 34.3 Å². The Morgan fingerprint density at radius 3 is 2.46 bits per heavy atom. The van der Waals surface area contributed by atoms with E-state index < -0.39 is 5.60 Å². The average molecular weight is 423 g/mol. The highest BCUT2D eigenvalue weighted by molar-refractivity contribution is 9.10. The first-order valence-electron chi connectivity index (χ1n) is 10.2. The Labute approximate surface area is 167 Å². The molecule has 2 fully saturated rings. The molecule has 3 rings (SSSR count). The van der Waals surface area contributed by atoms with Crippen LogP contribution in [0.5, 0.6) is 0 Å². The summed E-state index contributed by atoms with van der Waals surface area (Å²) >= 11 is 3.63. The van der Waals surface area contributed by atoms with Gasteiger partial charge in [-0.05, 0) is 54.7 Å². The predicted octanol–water partition coefficient (Wildman–Crippen LogP) is 4.41. The van der Waals surface area contributed by atoms with E-state index in [1.165, 1.54) is 5.56 Å². The zero-order chi connectivity index (χ0) is 18.8. The maximum absolute atomic E-state index is 11.7. The van der Waals surface area contributed by atoms with E-state index in [0.717, 1.165) is 62.9 Å². The van der Waals surface area contributed by atoms with Crippen LogP contribution in [0, 0.1) is 11.3 Å². The molecule has 1 heterocycles. The smallest absolute Gasteiger partial charge is 0.0728 e. The minimum atomic E-state index is -0.590. The molecule has 1 aromatic carbocycles. The summed E-state index contributed by atoms with van der Waals surface area (Å²) in [5.74, 6) is 0.893. The molecule has 0 amide bonds. The molecule has 3 nitrogen and oxygen atoms in total. The normalized spacial score (nSPS) is 29.5. The van der Waals surface area contributed by atoms with Gasteiger partial charge >= 0.3 is 0 Å². The lowest BCUT2D eigenvalue weighted by molar-refractivity contribution is -0.0538. The minimum absolute atomic E-state index is 0.180. The van der Waals surface area contributed by atoms with E-state index in [4.69, 9.17) is 0 Å². The number of hydrogen-bond donors (Lipinski definition) is 2. The number of nitrogens with zero attached hydrogens (tertiary/aromatic N) is 1. The topological polar surface area (TPSA) is 35.5 Å². The lowest BCUT2D eigenvalue weighted by atomic mass is 9.64. The molecule has 0 radical (unpaired) electrons. The highest BCUT2D eigenvalue weighted by Gasteiger charge is 2.43. The molecular weight excluding hydrogens is 388 g/mol. The van der Waals surface area contributed by atoms with Crippen LogP contribution in [0.15, 0.2) is 28.7 Å². The van der Waals surface area contributed by atoms with Crippen molar-refractivity contribution in [3.8, 4) is 0 Å². The molecule has 1 unspecified atom stereocenters. The molecule has 2 aliphatic rings. The summed E-state index contributed by atoms with van der Waals surface area (Å²) in [4.78, 5) is 2.52. The Balaban J connectivity index is 1.80. The van der Waals surface area contributed by atoms with Crippen molar-refractivity contribution in [1.29, 1.82) is 0 Å². The van der Waals surface area contributed by atoms with Crippen molar-refractivity contribution < 1.29 is 5.11 Å². The van der Waals surface area contributed by atoms with E-state index in [-0.39, 0.29) is 5.92 Å². The lowest BCUT2D eigenvalue weighted by Crippen LogP contribution is -2.50. The quantitative estimate of drug-likeness (QED) is 0.754. The third-order valence-electron chi connectivity index (χ3n) is 6.63. The molecule has 1 aromatic rings. The first-order valence-corrected chi connectivity index (χ1v) is 11.0. The predicted molar refractivity (Wildman–Crippen MR) is 113 cm³/mol. The van der Waals surface area contributed by atoms with Crippen molar-refractivity contribution in [2.75, 3.05) is 32.7 Å². The fourth-order valence-electron chi connectivity index (χ4n) is 4.79. The van der Waals surface area contributed by atoms with Crippen LogP contribution in [0.2, 0.25) is 0 Å². The third kappa shape index (κ3) is 4.89. The van der Waals surface area contributed by atoms with E-state index in [1.54, 1.807) is 0 Å². The van der Waals surface area contributed by atoms with Crippen molar-refractivity contribution >= 4 is 15.9 Å². The van der Waals surface area contributed by atoms with Gasteiger partial charge < -0.3 is 15.3 Å². The Morgan fingerprint density at radius 1 is 1.23 bits per heavy atom. The highest BCUT2D eigenvalue weighted by Crippen LogP contribution is 2.47. The molecule has 1 saturated carbocycles. The van der Waals surface area contributed by atoms with E-state index in [0.29, 0.717) is 11.3 Å². The van der Waals surface area contributed by atoms with Gasteiger partial charge in [0.25, 0.3) is 0 Å². The van der Waals surface area contributed by atoms with Crippen LogP contribution in [0.4, 0.5) is 0 Å². The fraction of sp³-hybridized carbons (Fsp3) is 0.727. The van der Waals surface area contributed by atoms with E-state index in [1.807, 2.05) is 0 Å². The molecule has 0 aromatic heterocycles. The molecule has 4 heteroatoms. The minimum Gasteiger partial charge on any atom is -0.389 e. The number of benzene rings is 1. The first kappa shape index (κ1) is 20.3. The molecule has 26 heavy (non-hydrogen) atoms. The zero-order valence-electron chi connectivity index (χ0n) is 16.6. The number of aliphatic hydroxyl groups is 1. The van der Waals surface area contributed by atoms with Crippen molar-refractivity contribution in [2.24, 2.45) is 11.3 Å². The molecule has 146 valence electrons. The molecular formula is C22H35BrN2O. The van der Waals surface area contributed by atoms with Crippen LogP contribution in [-0.4, -0.2) is 48.3 Å². The van der Waals surface area contributed by atoms with Crippen LogP contribution < -0.4 is 5.32 Å². The van der Waals surface area contributed by atoms with Crippen molar-refractivity contribution in [2.45, 2.75) is 58.0 Å². The first-order chi connectivity index (χ1) is 12.3. The maximum atomic E-state index is 11.7. The van der Waals surface area contributed by atoms with E-state index in [9.17, 15) is 5.11 Å². The third-order valence-corrected chi connectivity index (χ3v) is 7.12. The molecule has 1 saturated heterocycles. The van der Waals surface area contributed by atoms with Crippen LogP contribution in [0.1, 0.15) is 57.9 Å². The molecule has 0 spiro atoms. The molecule has 1 aliphatic heterocycles.